The molecule has 2 aromatic rings. The highest BCUT2D eigenvalue weighted by molar-refractivity contribution is 5.85. The lowest BCUT2D eigenvalue weighted by Gasteiger charge is -2.09. The summed E-state index contributed by atoms with van der Waals surface area (Å²) in [6, 6.07) is 8.59. The molecule has 0 saturated heterocycles. The molecular weight excluding hydrogens is 331 g/mol. The maximum atomic E-state index is 12.5. The molecule has 0 fully saturated rings. The minimum Gasteiger partial charge on any atom is -0.369 e. The molecule has 0 bridgehead atoms. The molecule has 2 rings (SSSR count). The van der Waals surface area contributed by atoms with Crippen LogP contribution in [-0.4, -0.2) is 16.7 Å². The summed E-state index contributed by atoms with van der Waals surface area (Å²) < 4.78 is 39.3. The Bertz CT molecular complexity index is 685. The van der Waals surface area contributed by atoms with Crippen molar-refractivity contribution in [3.8, 4) is 0 Å². The highest BCUT2D eigenvalue weighted by Crippen LogP contribution is 2.29. The van der Waals surface area contributed by atoms with Crippen molar-refractivity contribution in [3.05, 3.63) is 59.4 Å². The van der Waals surface area contributed by atoms with Gasteiger partial charge in [-0.1, -0.05) is 12.1 Å². The zero-order chi connectivity index (χ0) is 16.2. The van der Waals surface area contributed by atoms with Gasteiger partial charge in [0.05, 0.1) is 17.5 Å². The van der Waals surface area contributed by atoms with Gasteiger partial charge in [0.1, 0.15) is 0 Å². The summed E-state index contributed by atoms with van der Waals surface area (Å²) in [6.07, 6.45) is -1.08. The van der Waals surface area contributed by atoms with Gasteiger partial charge in [-0.25, -0.2) is 0 Å². The molecule has 124 valence electrons. The van der Waals surface area contributed by atoms with Crippen LogP contribution in [0.5, 0.6) is 0 Å². The molecule has 0 aliphatic carbocycles. The smallest absolute Gasteiger partial charge is 0.369 e. The zero-order valence-corrected chi connectivity index (χ0v) is 12.7. The fourth-order valence-corrected chi connectivity index (χ4v) is 1.84. The van der Waals surface area contributed by atoms with Crippen LogP contribution in [0.1, 0.15) is 16.8 Å². The van der Waals surface area contributed by atoms with E-state index in [1.807, 2.05) is 4.57 Å². The van der Waals surface area contributed by atoms with Gasteiger partial charge >= 0.3 is 6.18 Å². The molecule has 23 heavy (non-hydrogen) atoms. The average Bonchev–Trinajstić information content (AvgIpc) is 2.85. The molecule has 0 aliphatic heterocycles. The highest BCUT2D eigenvalue weighted by atomic mass is 35.5. The molecule has 0 unspecified atom stereocenters. The summed E-state index contributed by atoms with van der Waals surface area (Å²) in [4.78, 5) is 0. The average molecular weight is 346 g/mol. The van der Waals surface area contributed by atoms with Gasteiger partial charge < -0.3 is 16.0 Å². The summed E-state index contributed by atoms with van der Waals surface area (Å²) in [5.74, 6) is -0.155. The second-order valence-corrected chi connectivity index (χ2v) is 4.53. The summed E-state index contributed by atoms with van der Waals surface area (Å²) in [6.45, 7) is 0.411. The number of nitrogens with two attached hydrogens (primary N) is 2. The monoisotopic (exact) mass is 345 g/mol. The normalized spacial score (nSPS) is 11.3. The van der Waals surface area contributed by atoms with E-state index in [1.165, 1.54) is 18.3 Å². The van der Waals surface area contributed by atoms with Crippen LogP contribution in [0.3, 0.4) is 0 Å². The second kappa shape index (κ2) is 7.68. The van der Waals surface area contributed by atoms with Crippen LogP contribution in [0, 0.1) is 0 Å². The Hall–Kier alpha value is -2.48. The minimum atomic E-state index is -4.33. The molecule has 1 heterocycles. The molecule has 4 N–H and O–H groups in total. The van der Waals surface area contributed by atoms with Crippen molar-refractivity contribution >= 4 is 24.6 Å². The molecule has 0 atom stereocenters. The van der Waals surface area contributed by atoms with Crippen molar-refractivity contribution in [2.24, 2.45) is 21.7 Å². The van der Waals surface area contributed by atoms with E-state index in [2.05, 4.69) is 10.2 Å². The molecule has 0 amide bonds. The van der Waals surface area contributed by atoms with Gasteiger partial charge in [0.15, 0.2) is 0 Å². The van der Waals surface area contributed by atoms with Crippen molar-refractivity contribution in [2.75, 3.05) is 0 Å². The maximum absolute atomic E-state index is 12.5. The lowest BCUT2D eigenvalue weighted by Crippen LogP contribution is -2.21. The first-order chi connectivity index (χ1) is 10.4. The lowest BCUT2D eigenvalue weighted by molar-refractivity contribution is -0.137. The Kier molecular flexibility index (Phi) is 6.20. The van der Waals surface area contributed by atoms with Crippen LogP contribution in [0.2, 0.25) is 0 Å². The Labute approximate surface area is 136 Å². The van der Waals surface area contributed by atoms with Gasteiger partial charge in [0.25, 0.3) is 0 Å². The van der Waals surface area contributed by atoms with Gasteiger partial charge in [0, 0.05) is 12.7 Å². The van der Waals surface area contributed by atoms with Crippen molar-refractivity contribution in [1.29, 1.82) is 0 Å². The number of halogens is 4. The number of nitrogens with zero attached hydrogens (tertiary/aromatic N) is 3. The van der Waals surface area contributed by atoms with E-state index in [0.717, 1.165) is 23.4 Å². The lowest BCUT2D eigenvalue weighted by atomic mass is 10.1. The predicted octanol–water partition coefficient (Wildman–Crippen LogP) is 2.58. The minimum absolute atomic E-state index is 0. The van der Waals surface area contributed by atoms with Crippen LogP contribution < -0.4 is 11.5 Å². The van der Waals surface area contributed by atoms with E-state index in [4.69, 9.17) is 11.5 Å². The van der Waals surface area contributed by atoms with E-state index in [9.17, 15) is 13.2 Å². The largest absolute Gasteiger partial charge is 0.416 e. The summed E-state index contributed by atoms with van der Waals surface area (Å²) in [5.41, 5.74) is 11.1. The Balaban J connectivity index is 0.00000264. The van der Waals surface area contributed by atoms with Crippen LogP contribution >= 0.6 is 12.4 Å². The predicted molar refractivity (Wildman–Crippen MR) is 85.6 cm³/mol. The van der Waals surface area contributed by atoms with Crippen molar-refractivity contribution in [3.63, 3.8) is 0 Å². The summed E-state index contributed by atoms with van der Waals surface area (Å²) >= 11 is 0. The first-order valence-electron chi connectivity index (χ1n) is 6.29. The number of aromatic nitrogens is 1. The molecule has 1 aromatic heterocycles. The highest BCUT2D eigenvalue weighted by Gasteiger charge is 2.29. The number of guanidine groups is 1. The third-order valence-corrected chi connectivity index (χ3v) is 2.86. The maximum Gasteiger partial charge on any atom is 0.416 e. The number of rotatable bonds is 4. The molecule has 0 radical (unpaired) electrons. The van der Waals surface area contributed by atoms with E-state index in [-0.39, 0.29) is 18.4 Å². The topological polar surface area (TPSA) is 81.7 Å². The summed E-state index contributed by atoms with van der Waals surface area (Å²) in [5, 5.41) is 7.19. The fraction of sp³-hybridized carbons (Fsp3) is 0.143. The van der Waals surface area contributed by atoms with Gasteiger partial charge in [-0.05, 0) is 29.8 Å². The number of hydrogen-bond donors (Lipinski definition) is 2. The molecular formula is C14H15ClF3N5. The first-order valence-corrected chi connectivity index (χ1v) is 6.29. The Morgan fingerprint density at radius 3 is 2.35 bits per heavy atom. The number of hydrogen-bond acceptors (Lipinski definition) is 2. The van der Waals surface area contributed by atoms with Crippen molar-refractivity contribution in [2.45, 2.75) is 12.7 Å². The van der Waals surface area contributed by atoms with E-state index in [1.54, 1.807) is 18.3 Å². The first kappa shape index (κ1) is 18.6. The van der Waals surface area contributed by atoms with Crippen LogP contribution in [-0.2, 0) is 12.7 Å². The van der Waals surface area contributed by atoms with E-state index < -0.39 is 11.7 Å². The van der Waals surface area contributed by atoms with Gasteiger partial charge in [-0.3, -0.25) is 0 Å². The second-order valence-electron chi connectivity index (χ2n) is 4.53. The third kappa shape index (κ3) is 5.33. The van der Waals surface area contributed by atoms with Crippen LogP contribution in [0.25, 0.3) is 0 Å². The summed E-state index contributed by atoms with van der Waals surface area (Å²) in [7, 11) is 0. The molecule has 0 saturated carbocycles. The number of benzene rings is 1. The van der Waals surface area contributed by atoms with Crippen LogP contribution in [0.15, 0.2) is 52.8 Å². The van der Waals surface area contributed by atoms with E-state index in [0.29, 0.717) is 6.54 Å². The van der Waals surface area contributed by atoms with Gasteiger partial charge in [-0.15, -0.1) is 17.5 Å². The Morgan fingerprint density at radius 2 is 1.78 bits per heavy atom. The number of alkyl halides is 3. The SMILES string of the molecule is Cl.NC(N)=NN=Cc1cccn1Cc1ccc(C(F)(F)F)cc1. The third-order valence-electron chi connectivity index (χ3n) is 2.86. The molecule has 1 aromatic carbocycles. The zero-order valence-electron chi connectivity index (χ0n) is 11.9. The molecule has 0 spiro atoms. The standard InChI is InChI=1S/C14H14F3N5.ClH/c15-14(16,17)11-5-3-10(4-6-11)9-22-7-1-2-12(22)8-20-21-13(18)19;/h1-8H,9H2,(H4,18,19,21);1H. The molecule has 5 nitrogen and oxygen atoms in total. The fourth-order valence-electron chi connectivity index (χ4n) is 1.84. The van der Waals surface area contributed by atoms with Crippen molar-refractivity contribution in [1.82, 2.24) is 4.57 Å². The van der Waals surface area contributed by atoms with Crippen molar-refractivity contribution < 1.29 is 13.2 Å². The molecule has 0 aliphatic rings. The van der Waals surface area contributed by atoms with Crippen LogP contribution in [0.4, 0.5) is 13.2 Å². The van der Waals surface area contributed by atoms with Gasteiger partial charge in [0.2, 0.25) is 5.96 Å². The van der Waals surface area contributed by atoms with E-state index >= 15 is 0 Å². The van der Waals surface area contributed by atoms with Gasteiger partial charge in [-0.2, -0.15) is 18.3 Å². The molecule has 9 heteroatoms. The Morgan fingerprint density at radius 1 is 1.13 bits per heavy atom. The quantitative estimate of drug-likeness (QED) is 0.507.